The lowest BCUT2D eigenvalue weighted by atomic mass is 9.93. The number of hydrogen-bond acceptors (Lipinski definition) is 4. The van der Waals surface area contributed by atoms with Gasteiger partial charge in [0.25, 0.3) is 5.56 Å². The van der Waals surface area contributed by atoms with Gasteiger partial charge in [-0.15, -0.1) is 0 Å². The molecule has 1 atom stereocenters. The van der Waals surface area contributed by atoms with Gasteiger partial charge in [0.2, 0.25) is 5.91 Å². The first-order chi connectivity index (χ1) is 16.8. The van der Waals surface area contributed by atoms with Crippen LogP contribution in [0.4, 0.5) is 10.1 Å². The maximum atomic E-state index is 14.8. The summed E-state index contributed by atoms with van der Waals surface area (Å²) in [4.78, 5) is 30.4. The van der Waals surface area contributed by atoms with Crippen LogP contribution >= 0.6 is 23.2 Å². The van der Waals surface area contributed by atoms with Gasteiger partial charge in [-0.2, -0.15) is 0 Å². The molecule has 3 heterocycles. The van der Waals surface area contributed by atoms with Crippen molar-refractivity contribution in [1.29, 1.82) is 0 Å². The van der Waals surface area contributed by atoms with Crippen LogP contribution < -0.4 is 16.2 Å². The van der Waals surface area contributed by atoms with Crippen molar-refractivity contribution in [1.82, 2.24) is 15.2 Å². The van der Waals surface area contributed by atoms with E-state index in [0.717, 1.165) is 42.8 Å². The number of aromatic nitrogens is 1. The third-order valence-corrected chi connectivity index (χ3v) is 7.70. The van der Waals surface area contributed by atoms with E-state index in [0.29, 0.717) is 33.8 Å². The number of piperidine rings is 1. The summed E-state index contributed by atoms with van der Waals surface area (Å²) in [7, 11) is 0. The van der Waals surface area contributed by atoms with Crippen LogP contribution in [0.3, 0.4) is 0 Å². The van der Waals surface area contributed by atoms with Gasteiger partial charge >= 0.3 is 0 Å². The van der Waals surface area contributed by atoms with Crippen molar-refractivity contribution in [3.63, 3.8) is 0 Å². The van der Waals surface area contributed by atoms with Crippen molar-refractivity contribution >= 4 is 45.6 Å². The van der Waals surface area contributed by atoms with E-state index >= 15 is 0 Å². The maximum Gasteiger partial charge on any atom is 0.256 e. The molecule has 3 N–H and O–H groups in total. The zero-order valence-electron chi connectivity index (χ0n) is 19.4. The highest BCUT2D eigenvalue weighted by Crippen LogP contribution is 2.37. The van der Waals surface area contributed by atoms with Gasteiger partial charge < -0.3 is 20.5 Å². The fourth-order valence-electron chi connectivity index (χ4n) is 5.31. The van der Waals surface area contributed by atoms with Crippen molar-refractivity contribution in [2.75, 3.05) is 31.5 Å². The van der Waals surface area contributed by atoms with Gasteiger partial charge in [-0.05, 0) is 86.1 Å². The SMILES string of the molecule is CC1c2c(Cl)cc(Cl)cc2CCN1C(=O)CNc1cc2cc(C3CCNCC3)[nH]c(=O)c2cc1F. The van der Waals surface area contributed by atoms with E-state index in [1.54, 1.807) is 17.0 Å². The lowest BCUT2D eigenvalue weighted by molar-refractivity contribution is -0.131. The van der Waals surface area contributed by atoms with Gasteiger partial charge in [0.1, 0.15) is 5.82 Å². The zero-order chi connectivity index (χ0) is 24.7. The van der Waals surface area contributed by atoms with Crippen LogP contribution in [0.1, 0.15) is 48.5 Å². The van der Waals surface area contributed by atoms with Crippen LogP contribution in [-0.2, 0) is 11.2 Å². The van der Waals surface area contributed by atoms with Crippen molar-refractivity contribution in [3.05, 3.63) is 73.4 Å². The van der Waals surface area contributed by atoms with Crippen LogP contribution in [0.2, 0.25) is 10.0 Å². The second-order valence-electron chi connectivity index (χ2n) is 9.32. The van der Waals surface area contributed by atoms with Gasteiger partial charge in [0.05, 0.1) is 23.7 Å². The van der Waals surface area contributed by atoms with Crippen molar-refractivity contribution in [3.8, 4) is 0 Å². The Labute approximate surface area is 212 Å². The monoisotopic (exact) mass is 516 g/mol. The third-order valence-electron chi connectivity index (χ3n) is 7.17. The number of aromatic amines is 1. The van der Waals surface area contributed by atoms with Crippen LogP contribution in [0.25, 0.3) is 10.8 Å². The Morgan fingerprint density at radius 2 is 1.94 bits per heavy atom. The molecule has 5 rings (SSSR count). The average Bonchev–Trinajstić information content (AvgIpc) is 2.83. The number of rotatable bonds is 4. The number of nitrogens with zero attached hydrogens (tertiary/aromatic N) is 1. The standard InChI is InChI=1S/C26H27Cl2FN4O2/c1-14-25-16(8-18(27)11-20(25)28)4-7-33(14)24(34)13-31-23-10-17-9-22(15-2-5-30-6-3-15)32-26(35)19(17)12-21(23)29/h8-12,14-15,30-31H,2-7,13H2,1H3,(H,32,35). The lowest BCUT2D eigenvalue weighted by Crippen LogP contribution is -2.42. The molecule has 1 unspecified atom stereocenters. The molecule has 1 fully saturated rings. The highest BCUT2D eigenvalue weighted by molar-refractivity contribution is 6.35. The molecule has 184 valence electrons. The minimum atomic E-state index is -0.569. The van der Waals surface area contributed by atoms with Crippen LogP contribution in [0, 0.1) is 5.82 Å². The molecule has 3 aromatic rings. The number of H-pyrrole nitrogens is 1. The Morgan fingerprint density at radius 3 is 2.71 bits per heavy atom. The number of carbonyl (C=O) groups is 1. The summed E-state index contributed by atoms with van der Waals surface area (Å²) in [5, 5.41) is 8.34. The van der Waals surface area contributed by atoms with E-state index in [2.05, 4.69) is 15.6 Å². The first kappa shape index (κ1) is 24.1. The van der Waals surface area contributed by atoms with Crippen molar-refractivity contribution < 1.29 is 9.18 Å². The minimum Gasteiger partial charge on any atom is -0.374 e. The predicted octanol–water partition coefficient (Wildman–Crippen LogP) is 5.00. The van der Waals surface area contributed by atoms with Gasteiger partial charge in [0.15, 0.2) is 0 Å². The average molecular weight is 517 g/mol. The Kier molecular flexibility index (Phi) is 6.75. The Morgan fingerprint density at radius 1 is 1.17 bits per heavy atom. The number of halogens is 3. The largest absolute Gasteiger partial charge is 0.374 e. The summed E-state index contributed by atoms with van der Waals surface area (Å²) in [6.07, 6.45) is 2.53. The third kappa shape index (κ3) is 4.77. The smallest absolute Gasteiger partial charge is 0.256 e. The molecule has 1 aromatic heterocycles. The normalized spacial score (nSPS) is 18.5. The summed E-state index contributed by atoms with van der Waals surface area (Å²) in [5.41, 5.74) is 2.72. The first-order valence-electron chi connectivity index (χ1n) is 11.9. The molecule has 0 aliphatic carbocycles. The highest BCUT2D eigenvalue weighted by Gasteiger charge is 2.29. The number of amides is 1. The van der Waals surface area contributed by atoms with Crippen molar-refractivity contribution in [2.45, 2.75) is 38.1 Å². The van der Waals surface area contributed by atoms with E-state index in [-0.39, 0.29) is 35.7 Å². The number of carbonyl (C=O) groups excluding carboxylic acids is 1. The second-order valence-corrected chi connectivity index (χ2v) is 10.2. The van der Waals surface area contributed by atoms with Gasteiger partial charge in [-0.25, -0.2) is 4.39 Å². The summed E-state index contributed by atoms with van der Waals surface area (Å²) in [6, 6.07) is 8.14. The molecule has 0 spiro atoms. The second kappa shape index (κ2) is 9.80. The first-order valence-corrected chi connectivity index (χ1v) is 12.7. The number of pyridine rings is 1. The summed E-state index contributed by atoms with van der Waals surface area (Å²) in [6.45, 7) is 4.19. The van der Waals surface area contributed by atoms with Crippen molar-refractivity contribution in [2.24, 2.45) is 0 Å². The summed E-state index contributed by atoms with van der Waals surface area (Å²) >= 11 is 12.6. The van der Waals surface area contributed by atoms with E-state index in [9.17, 15) is 14.0 Å². The molecule has 6 nitrogen and oxygen atoms in total. The fourth-order valence-corrected chi connectivity index (χ4v) is 6.01. The van der Waals surface area contributed by atoms with E-state index in [1.807, 2.05) is 19.1 Å². The van der Waals surface area contributed by atoms with Gasteiger partial charge in [-0.3, -0.25) is 9.59 Å². The van der Waals surface area contributed by atoms with Gasteiger partial charge in [0, 0.05) is 28.2 Å². The molecule has 35 heavy (non-hydrogen) atoms. The predicted molar refractivity (Wildman–Crippen MR) is 138 cm³/mol. The van der Waals surface area contributed by atoms with Crippen LogP contribution in [0.5, 0.6) is 0 Å². The lowest BCUT2D eigenvalue weighted by Gasteiger charge is -2.36. The zero-order valence-corrected chi connectivity index (χ0v) is 20.9. The van der Waals surface area contributed by atoms with E-state index in [1.165, 1.54) is 6.07 Å². The minimum absolute atomic E-state index is 0.0718. The molecule has 1 amide bonds. The molecule has 2 aliphatic heterocycles. The maximum absolute atomic E-state index is 14.8. The Balaban J connectivity index is 1.35. The molecular formula is C26H27Cl2FN4O2. The molecule has 9 heteroatoms. The number of fused-ring (bicyclic) bond motifs is 2. The van der Waals surface area contributed by atoms with Gasteiger partial charge in [-0.1, -0.05) is 23.2 Å². The summed E-state index contributed by atoms with van der Waals surface area (Å²) < 4.78 is 14.8. The van der Waals surface area contributed by atoms with E-state index < -0.39 is 5.82 Å². The topological polar surface area (TPSA) is 77.2 Å². The molecule has 0 radical (unpaired) electrons. The molecule has 0 saturated carbocycles. The van der Waals surface area contributed by atoms with E-state index in [4.69, 9.17) is 23.2 Å². The number of hydrogen-bond donors (Lipinski definition) is 3. The molecule has 2 aliphatic rings. The summed E-state index contributed by atoms with van der Waals surface area (Å²) in [5.74, 6) is -0.461. The van der Waals surface area contributed by atoms with Crippen LogP contribution in [0.15, 0.2) is 35.1 Å². The number of nitrogens with one attached hydrogen (secondary N) is 3. The Hall–Kier alpha value is -2.61. The Bertz CT molecular complexity index is 1350. The van der Waals surface area contributed by atoms with Crippen LogP contribution in [-0.4, -0.2) is 42.0 Å². The number of anilines is 1. The highest BCUT2D eigenvalue weighted by atomic mass is 35.5. The fraction of sp³-hybridized carbons (Fsp3) is 0.385. The quantitative estimate of drug-likeness (QED) is 0.456. The molecule has 2 aromatic carbocycles. The molecule has 1 saturated heterocycles. The molecular weight excluding hydrogens is 490 g/mol. The molecule has 0 bridgehead atoms. The number of benzene rings is 2.